The first kappa shape index (κ1) is 14.1. The van der Waals surface area contributed by atoms with Gasteiger partial charge in [-0.3, -0.25) is 4.57 Å². The van der Waals surface area contributed by atoms with Crippen molar-refractivity contribution in [1.82, 2.24) is 24.5 Å². The number of nitrogens with zero attached hydrogens (tertiary/aromatic N) is 5. The Bertz CT molecular complexity index is 586. The molecule has 0 aliphatic heterocycles. The zero-order chi connectivity index (χ0) is 14.7. The van der Waals surface area contributed by atoms with Gasteiger partial charge in [0.15, 0.2) is 0 Å². The van der Waals surface area contributed by atoms with Crippen LogP contribution in [0.4, 0.5) is 11.9 Å². The van der Waals surface area contributed by atoms with Gasteiger partial charge in [-0.2, -0.15) is 26.7 Å². The molecule has 8 heteroatoms. The number of anilines is 2. The highest BCUT2D eigenvalue weighted by Gasteiger charge is 2.22. The lowest BCUT2D eigenvalue weighted by atomic mass is 9.95. The van der Waals surface area contributed by atoms with Crippen LogP contribution in [-0.2, 0) is 0 Å². The minimum absolute atomic E-state index is 0.216. The van der Waals surface area contributed by atoms with Crippen molar-refractivity contribution < 1.29 is 0 Å². The van der Waals surface area contributed by atoms with Gasteiger partial charge in [0.1, 0.15) is 6.33 Å². The topological polar surface area (TPSA) is 94.5 Å². The van der Waals surface area contributed by atoms with E-state index in [1.54, 1.807) is 23.3 Å². The average Bonchev–Trinajstić information content (AvgIpc) is 3.01. The first-order chi connectivity index (χ1) is 10.2. The maximum atomic E-state index is 5.78. The fourth-order valence-corrected chi connectivity index (χ4v) is 3.44. The average molecular weight is 305 g/mol. The Morgan fingerprint density at radius 1 is 1.33 bits per heavy atom. The quantitative estimate of drug-likeness (QED) is 0.888. The van der Waals surface area contributed by atoms with Crippen LogP contribution >= 0.6 is 11.8 Å². The summed E-state index contributed by atoms with van der Waals surface area (Å²) in [5.41, 5.74) is 5.78. The van der Waals surface area contributed by atoms with Crippen LogP contribution < -0.4 is 11.1 Å². The fraction of sp³-hybridized carbons (Fsp3) is 0.538. The highest BCUT2D eigenvalue weighted by Crippen LogP contribution is 2.28. The molecule has 1 aliphatic carbocycles. The van der Waals surface area contributed by atoms with Gasteiger partial charge in [0, 0.05) is 23.7 Å². The summed E-state index contributed by atoms with van der Waals surface area (Å²) in [6.07, 6.45) is 12.1. The second kappa shape index (κ2) is 6.30. The van der Waals surface area contributed by atoms with Crippen molar-refractivity contribution in [3.63, 3.8) is 0 Å². The van der Waals surface area contributed by atoms with Crippen molar-refractivity contribution in [2.75, 3.05) is 17.3 Å². The van der Waals surface area contributed by atoms with Crippen LogP contribution in [0.25, 0.3) is 5.95 Å². The summed E-state index contributed by atoms with van der Waals surface area (Å²) in [7, 11) is 0. The molecule has 1 saturated carbocycles. The molecular weight excluding hydrogens is 286 g/mol. The third kappa shape index (κ3) is 3.44. The summed E-state index contributed by atoms with van der Waals surface area (Å²) in [4.78, 5) is 16.7. The second-order valence-electron chi connectivity index (χ2n) is 5.15. The Morgan fingerprint density at radius 2 is 2.24 bits per heavy atom. The van der Waals surface area contributed by atoms with E-state index in [1.807, 2.05) is 11.8 Å². The molecule has 7 nitrogen and oxygen atoms in total. The van der Waals surface area contributed by atoms with Crippen LogP contribution in [0.1, 0.15) is 25.7 Å². The number of thioether (sulfide) groups is 1. The lowest BCUT2D eigenvalue weighted by Gasteiger charge is -2.28. The van der Waals surface area contributed by atoms with E-state index >= 15 is 0 Å². The van der Waals surface area contributed by atoms with E-state index in [0.717, 1.165) is 12.8 Å². The lowest BCUT2D eigenvalue weighted by Crippen LogP contribution is -2.29. The molecule has 1 aliphatic rings. The molecule has 0 radical (unpaired) electrons. The normalized spacial score (nSPS) is 22.1. The third-order valence-corrected chi connectivity index (χ3v) is 4.76. The van der Waals surface area contributed by atoms with Crippen LogP contribution in [0.5, 0.6) is 0 Å². The zero-order valence-corrected chi connectivity index (χ0v) is 12.8. The summed E-state index contributed by atoms with van der Waals surface area (Å²) in [5, 5.41) is 4.11. The molecule has 3 N–H and O–H groups in total. The molecule has 2 aromatic rings. The van der Waals surface area contributed by atoms with Crippen molar-refractivity contribution in [2.45, 2.75) is 37.0 Å². The minimum atomic E-state index is 0.216. The molecule has 2 aromatic heterocycles. The summed E-state index contributed by atoms with van der Waals surface area (Å²) in [5.74, 6) is 1.24. The Hall–Kier alpha value is -1.83. The smallest absolute Gasteiger partial charge is 0.241 e. The molecule has 0 bridgehead atoms. The Kier molecular flexibility index (Phi) is 4.23. The van der Waals surface area contributed by atoms with E-state index in [9.17, 15) is 0 Å². The van der Waals surface area contributed by atoms with Crippen molar-refractivity contribution in [3.8, 4) is 5.95 Å². The van der Waals surface area contributed by atoms with E-state index in [1.165, 1.54) is 12.8 Å². The van der Waals surface area contributed by atoms with E-state index in [4.69, 9.17) is 5.73 Å². The predicted molar refractivity (Wildman–Crippen MR) is 84.5 cm³/mol. The van der Waals surface area contributed by atoms with E-state index < -0.39 is 0 Å². The number of nitrogen functional groups attached to an aromatic ring is 1. The first-order valence-electron chi connectivity index (χ1n) is 7.04. The molecule has 21 heavy (non-hydrogen) atoms. The maximum Gasteiger partial charge on any atom is 0.241 e. The van der Waals surface area contributed by atoms with Gasteiger partial charge in [0.25, 0.3) is 0 Å². The van der Waals surface area contributed by atoms with Crippen molar-refractivity contribution in [1.29, 1.82) is 0 Å². The molecule has 1 fully saturated rings. The molecule has 2 atom stereocenters. The zero-order valence-electron chi connectivity index (χ0n) is 11.9. The molecular formula is C13H19N7S. The van der Waals surface area contributed by atoms with Crippen molar-refractivity contribution in [2.24, 2.45) is 0 Å². The lowest BCUT2D eigenvalue weighted by molar-refractivity contribution is 0.471. The largest absolute Gasteiger partial charge is 0.368 e. The predicted octanol–water partition coefficient (Wildman–Crippen LogP) is 1.73. The van der Waals surface area contributed by atoms with Gasteiger partial charge in [0.05, 0.1) is 0 Å². The highest BCUT2D eigenvalue weighted by molar-refractivity contribution is 7.99. The Labute approximate surface area is 127 Å². The second-order valence-corrected chi connectivity index (χ2v) is 6.29. The van der Waals surface area contributed by atoms with Gasteiger partial charge < -0.3 is 11.1 Å². The highest BCUT2D eigenvalue weighted by atomic mass is 32.2. The van der Waals surface area contributed by atoms with Gasteiger partial charge in [-0.25, -0.2) is 4.98 Å². The van der Waals surface area contributed by atoms with Crippen LogP contribution in [0, 0.1) is 0 Å². The van der Waals surface area contributed by atoms with Crippen molar-refractivity contribution >= 4 is 23.7 Å². The van der Waals surface area contributed by atoms with E-state index in [2.05, 4.69) is 31.5 Å². The molecule has 0 spiro atoms. The number of hydrogen-bond acceptors (Lipinski definition) is 7. The number of nitrogens with one attached hydrogen (secondary N) is 1. The van der Waals surface area contributed by atoms with Crippen molar-refractivity contribution in [3.05, 3.63) is 18.7 Å². The van der Waals surface area contributed by atoms with Crippen LogP contribution in [0.15, 0.2) is 18.7 Å². The van der Waals surface area contributed by atoms with Crippen LogP contribution in [0.2, 0.25) is 0 Å². The number of imidazole rings is 1. The molecule has 2 unspecified atom stereocenters. The van der Waals surface area contributed by atoms with Gasteiger partial charge in [-0.15, -0.1) is 0 Å². The number of aromatic nitrogens is 5. The summed E-state index contributed by atoms with van der Waals surface area (Å²) >= 11 is 1.93. The van der Waals surface area contributed by atoms with E-state index in [0.29, 0.717) is 23.2 Å². The monoisotopic (exact) mass is 305 g/mol. The molecule has 2 heterocycles. The van der Waals surface area contributed by atoms with E-state index in [-0.39, 0.29) is 5.95 Å². The minimum Gasteiger partial charge on any atom is -0.368 e. The number of hydrogen-bond donors (Lipinski definition) is 2. The molecule has 112 valence electrons. The van der Waals surface area contributed by atoms with Gasteiger partial charge in [-0.05, 0) is 25.5 Å². The summed E-state index contributed by atoms with van der Waals surface area (Å²) in [6.45, 7) is 0. The Balaban J connectivity index is 1.76. The molecule has 3 rings (SSSR count). The van der Waals surface area contributed by atoms with Gasteiger partial charge in [0.2, 0.25) is 17.8 Å². The first-order valence-corrected chi connectivity index (χ1v) is 8.32. The third-order valence-electron chi connectivity index (χ3n) is 3.67. The molecule has 0 aromatic carbocycles. The van der Waals surface area contributed by atoms with Gasteiger partial charge in [-0.1, -0.05) is 6.42 Å². The SMILES string of the molecule is CSC1CCCC(Nc2nc(N)nc(-n3ccnc3)n2)C1. The molecule has 0 amide bonds. The van der Waals surface area contributed by atoms with Gasteiger partial charge >= 0.3 is 0 Å². The summed E-state index contributed by atoms with van der Waals surface area (Å²) < 4.78 is 1.72. The van der Waals surface area contributed by atoms with Crippen LogP contribution in [0.3, 0.4) is 0 Å². The Morgan fingerprint density at radius 3 is 3.00 bits per heavy atom. The fourth-order valence-electron chi connectivity index (χ4n) is 2.61. The number of rotatable bonds is 4. The summed E-state index contributed by atoms with van der Waals surface area (Å²) in [6, 6.07) is 0.397. The standard InChI is InChI=1S/C13H19N7S/c1-21-10-4-2-3-9(7-10)16-12-17-11(14)18-13(19-12)20-6-5-15-8-20/h5-6,8-10H,2-4,7H2,1H3,(H3,14,16,17,18,19). The maximum absolute atomic E-state index is 5.78. The van der Waals surface area contributed by atoms with Crippen LogP contribution in [-0.4, -0.2) is 42.1 Å². The number of nitrogens with two attached hydrogens (primary N) is 1. The molecule has 0 saturated heterocycles.